The normalized spacial score (nSPS) is 19.1. The number of rotatable bonds is 2. The molecule has 0 saturated heterocycles. The highest BCUT2D eigenvalue weighted by molar-refractivity contribution is 5.62. The molecule has 1 heterocycles. The molecule has 0 unspecified atom stereocenters. The van der Waals surface area contributed by atoms with Gasteiger partial charge in [-0.1, -0.05) is 32.0 Å². The topological polar surface area (TPSA) is 54.7 Å². The van der Waals surface area contributed by atoms with Gasteiger partial charge in [0, 0.05) is 6.07 Å². The van der Waals surface area contributed by atoms with Crippen LogP contribution >= 0.6 is 0 Å². The van der Waals surface area contributed by atoms with Gasteiger partial charge < -0.3 is 5.73 Å². The van der Waals surface area contributed by atoms with E-state index in [9.17, 15) is 0 Å². The molecule has 0 spiro atoms. The lowest BCUT2D eigenvalue weighted by Gasteiger charge is -2.34. The lowest BCUT2D eigenvalue weighted by molar-refractivity contribution is 0.224. The summed E-state index contributed by atoms with van der Waals surface area (Å²) in [6.07, 6.45) is 5.22. The minimum absolute atomic E-state index is 0.520. The second kappa shape index (κ2) is 4.97. The predicted octanol–water partition coefficient (Wildman–Crippen LogP) is 4.34. The first-order valence-electron chi connectivity index (χ1n) is 7.45. The van der Waals surface area contributed by atoms with Crippen LogP contribution in [0.2, 0.25) is 0 Å². The molecule has 1 aliphatic rings. The maximum atomic E-state index is 5.68. The van der Waals surface area contributed by atoms with Gasteiger partial charge in [0.25, 0.3) is 0 Å². The number of aromatic amines is 1. The predicted molar refractivity (Wildman–Crippen MR) is 83.4 cm³/mol. The van der Waals surface area contributed by atoms with Crippen molar-refractivity contribution in [3.63, 3.8) is 0 Å². The summed E-state index contributed by atoms with van der Waals surface area (Å²) >= 11 is 0. The van der Waals surface area contributed by atoms with Crippen LogP contribution in [0.5, 0.6) is 0 Å². The van der Waals surface area contributed by atoms with Gasteiger partial charge in [-0.05, 0) is 54.2 Å². The van der Waals surface area contributed by atoms with Crippen molar-refractivity contribution in [2.24, 2.45) is 5.41 Å². The van der Waals surface area contributed by atoms with Crippen molar-refractivity contribution >= 4 is 5.82 Å². The van der Waals surface area contributed by atoms with E-state index in [1.165, 1.54) is 36.8 Å². The Morgan fingerprint density at radius 2 is 1.95 bits per heavy atom. The van der Waals surface area contributed by atoms with Gasteiger partial charge in [0.15, 0.2) is 0 Å². The Morgan fingerprint density at radius 1 is 1.20 bits per heavy atom. The Balaban J connectivity index is 1.81. The van der Waals surface area contributed by atoms with E-state index in [1.54, 1.807) is 0 Å². The van der Waals surface area contributed by atoms with E-state index in [2.05, 4.69) is 48.3 Å². The zero-order chi connectivity index (χ0) is 14.2. The zero-order valence-electron chi connectivity index (χ0n) is 12.3. The van der Waals surface area contributed by atoms with Gasteiger partial charge in [-0.2, -0.15) is 5.10 Å². The van der Waals surface area contributed by atoms with Crippen LogP contribution in [-0.4, -0.2) is 10.2 Å². The number of benzene rings is 1. The van der Waals surface area contributed by atoms with Gasteiger partial charge in [-0.25, -0.2) is 0 Å². The van der Waals surface area contributed by atoms with E-state index in [1.807, 2.05) is 6.07 Å². The molecule has 0 atom stereocenters. The number of nitrogens with two attached hydrogens (primary N) is 1. The molecule has 3 rings (SSSR count). The Labute approximate surface area is 120 Å². The molecule has 0 aliphatic heterocycles. The molecular weight excluding hydrogens is 246 g/mol. The van der Waals surface area contributed by atoms with Gasteiger partial charge in [0.1, 0.15) is 5.82 Å². The number of nitrogen functional groups attached to an aromatic ring is 1. The molecule has 20 heavy (non-hydrogen) atoms. The van der Waals surface area contributed by atoms with Crippen molar-refractivity contribution in [2.45, 2.75) is 45.4 Å². The quantitative estimate of drug-likeness (QED) is 0.852. The number of aromatic nitrogens is 2. The van der Waals surface area contributed by atoms with Gasteiger partial charge in [-0.3, -0.25) is 5.10 Å². The van der Waals surface area contributed by atoms with E-state index < -0.39 is 0 Å². The van der Waals surface area contributed by atoms with Crippen LogP contribution in [0.3, 0.4) is 0 Å². The Bertz CT molecular complexity index is 588. The summed E-state index contributed by atoms with van der Waals surface area (Å²) in [5.41, 5.74) is 9.83. The molecule has 1 aromatic heterocycles. The fourth-order valence-electron chi connectivity index (χ4n) is 3.18. The third-order valence-corrected chi connectivity index (χ3v) is 4.61. The first kappa shape index (κ1) is 13.2. The first-order valence-corrected chi connectivity index (χ1v) is 7.45. The van der Waals surface area contributed by atoms with Crippen LogP contribution in [0.1, 0.15) is 51.0 Å². The highest BCUT2D eigenvalue weighted by Gasteiger charge is 2.27. The summed E-state index contributed by atoms with van der Waals surface area (Å²) in [6, 6.07) is 10.7. The standard InChI is InChI=1S/C17H23N3/c1-17(2)8-6-12(7-9-17)13-4-3-5-14(10-13)15-11-16(18)20-19-15/h3-5,10-12H,6-9H2,1-2H3,(H3,18,19,20). The van der Waals surface area contributed by atoms with E-state index in [0.29, 0.717) is 17.2 Å². The average Bonchev–Trinajstić information content (AvgIpc) is 2.86. The Morgan fingerprint density at radius 3 is 2.60 bits per heavy atom. The number of hydrogen-bond acceptors (Lipinski definition) is 2. The third kappa shape index (κ3) is 2.72. The van der Waals surface area contributed by atoms with Gasteiger partial charge in [0.05, 0.1) is 5.69 Å². The summed E-state index contributed by atoms with van der Waals surface area (Å²) in [4.78, 5) is 0. The van der Waals surface area contributed by atoms with Gasteiger partial charge >= 0.3 is 0 Å². The molecule has 3 N–H and O–H groups in total. The highest BCUT2D eigenvalue weighted by atomic mass is 15.2. The van der Waals surface area contributed by atoms with E-state index in [0.717, 1.165) is 5.69 Å². The third-order valence-electron chi connectivity index (χ3n) is 4.61. The summed E-state index contributed by atoms with van der Waals surface area (Å²) in [5.74, 6) is 1.24. The summed E-state index contributed by atoms with van der Waals surface area (Å²) in [5, 5.41) is 7.00. The number of hydrogen-bond donors (Lipinski definition) is 2. The molecule has 1 saturated carbocycles. The lowest BCUT2D eigenvalue weighted by atomic mass is 9.71. The molecule has 0 amide bonds. The second-order valence-electron chi connectivity index (χ2n) is 6.77. The summed E-state index contributed by atoms with van der Waals surface area (Å²) in [6.45, 7) is 4.76. The second-order valence-corrected chi connectivity index (χ2v) is 6.77. The molecule has 1 fully saturated rings. The van der Waals surface area contributed by atoms with Gasteiger partial charge in [0.2, 0.25) is 0 Å². The minimum Gasteiger partial charge on any atom is -0.382 e. The highest BCUT2D eigenvalue weighted by Crippen LogP contribution is 2.42. The molecule has 0 radical (unpaired) electrons. The molecule has 3 nitrogen and oxygen atoms in total. The lowest BCUT2D eigenvalue weighted by Crippen LogP contribution is -2.20. The molecule has 1 aliphatic carbocycles. The van der Waals surface area contributed by atoms with Crippen molar-refractivity contribution in [1.29, 1.82) is 0 Å². The maximum Gasteiger partial charge on any atom is 0.145 e. The van der Waals surface area contributed by atoms with Crippen LogP contribution in [0.4, 0.5) is 5.82 Å². The molecule has 1 aromatic carbocycles. The van der Waals surface area contributed by atoms with E-state index in [4.69, 9.17) is 5.73 Å². The maximum absolute atomic E-state index is 5.68. The summed E-state index contributed by atoms with van der Waals surface area (Å²) < 4.78 is 0. The number of nitrogens with zero attached hydrogens (tertiary/aromatic N) is 1. The van der Waals surface area contributed by atoms with Crippen LogP contribution < -0.4 is 5.73 Å². The van der Waals surface area contributed by atoms with Crippen molar-refractivity contribution in [1.82, 2.24) is 10.2 Å². The number of nitrogens with one attached hydrogen (secondary N) is 1. The SMILES string of the molecule is CC1(C)CCC(c2cccc(-c3cc(N)n[nH]3)c2)CC1. The monoisotopic (exact) mass is 269 g/mol. The average molecular weight is 269 g/mol. The van der Waals surface area contributed by atoms with E-state index >= 15 is 0 Å². The molecule has 0 bridgehead atoms. The molecule has 2 aromatic rings. The van der Waals surface area contributed by atoms with Crippen molar-refractivity contribution in [2.75, 3.05) is 5.73 Å². The fourth-order valence-corrected chi connectivity index (χ4v) is 3.18. The van der Waals surface area contributed by atoms with Gasteiger partial charge in [-0.15, -0.1) is 0 Å². The van der Waals surface area contributed by atoms with Crippen LogP contribution in [0, 0.1) is 5.41 Å². The Kier molecular flexibility index (Phi) is 3.28. The van der Waals surface area contributed by atoms with Crippen LogP contribution in [-0.2, 0) is 0 Å². The first-order chi connectivity index (χ1) is 9.53. The van der Waals surface area contributed by atoms with Crippen molar-refractivity contribution in [3.8, 4) is 11.3 Å². The number of H-pyrrole nitrogens is 1. The molecule has 106 valence electrons. The van der Waals surface area contributed by atoms with Crippen LogP contribution in [0.25, 0.3) is 11.3 Å². The molecular formula is C17H23N3. The largest absolute Gasteiger partial charge is 0.382 e. The minimum atomic E-state index is 0.520. The van der Waals surface area contributed by atoms with Crippen molar-refractivity contribution < 1.29 is 0 Å². The fraction of sp³-hybridized carbons (Fsp3) is 0.471. The van der Waals surface area contributed by atoms with Crippen molar-refractivity contribution in [3.05, 3.63) is 35.9 Å². The molecule has 3 heteroatoms. The Hall–Kier alpha value is -1.77. The number of anilines is 1. The van der Waals surface area contributed by atoms with Crippen LogP contribution in [0.15, 0.2) is 30.3 Å². The summed E-state index contributed by atoms with van der Waals surface area (Å²) in [7, 11) is 0. The zero-order valence-corrected chi connectivity index (χ0v) is 12.3. The van der Waals surface area contributed by atoms with E-state index in [-0.39, 0.29) is 0 Å². The smallest absolute Gasteiger partial charge is 0.145 e.